The number of amides is 1. The van der Waals surface area contributed by atoms with Crippen LogP contribution in [0.5, 0.6) is 11.5 Å². The van der Waals surface area contributed by atoms with Crippen LogP contribution in [0.1, 0.15) is 37.8 Å². The van der Waals surface area contributed by atoms with E-state index in [2.05, 4.69) is 33.5 Å². The molecule has 1 aliphatic rings. The number of rotatable bonds is 7. The first kappa shape index (κ1) is 24.3. The van der Waals surface area contributed by atoms with Crippen LogP contribution in [0, 0.1) is 0 Å². The lowest BCUT2D eigenvalue weighted by Gasteiger charge is -2.32. The number of methoxy groups -OCH3 is 2. The molecule has 1 aliphatic heterocycles. The van der Waals surface area contributed by atoms with Gasteiger partial charge in [0.25, 0.3) is 0 Å². The molecule has 0 bridgehead atoms. The van der Waals surface area contributed by atoms with Gasteiger partial charge in [-0.05, 0) is 43.0 Å². The highest BCUT2D eigenvalue weighted by Gasteiger charge is 2.21. The molecule has 0 radical (unpaired) electrons. The van der Waals surface area contributed by atoms with Crippen molar-refractivity contribution in [1.82, 2.24) is 15.5 Å². The molecule has 1 aromatic rings. The second-order valence-corrected chi connectivity index (χ2v) is 6.75. The van der Waals surface area contributed by atoms with Crippen molar-refractivity contribution in [3.63, 3.8) is 0 Å². The van der Waals surface area contributed by atoms with Crippen molar-refractivity contribution >= 4 is 35.8 Å². The van der Waals surface area contributed by atoms with Gasteiger partial charge in [0.05, 0.1) is 14.2 Å². The van der Waals surface area contributed by atoms with Crippen LogP contribution >= 0.6 is 24.0 Å². The van der Waals surface area contributed by atoms with Gasteiger partial charge < -0.3 is 25.0 Å². The maximum atomic E-state index is 11.9. The molecular weight excluding hydrogens is 471 g/mol. The minimum Gasteiger partial charge on any atom is -0.493 e. The molecule has 0 spiro atoms. The van der Waals surface area contributed by atoms with Crippen molar-refractivity contribution in [2.24, 2.45) is 4.99 Å². The monoisotopic (exact) mass is 504 g/mol. The Hall–Kier alpha value is -1.71. The Morgan fingerprint density at radius 3 is 2.46 bits per heavy atom. The van der Waals surface area contributed by atoms with Crippen molar-refractivity contribution in [2.45, 2.75) is 45.7 Å². The molecule has 0 saturated heterocycles. The molecule has 1 atom stereocenters. The molecule has 1 unspecified atom stereocenters. The molecular formula is C20H33IN4O3. The van der Waals surface area contributed by atoms with Crippen LogP contribution in [0.4, 0.5) is 0 Å². The third kappa shape index (κ3) is 6.42. The zero-order chi connectivity index (χ0) is 19.8. The second-order valence-electron chi connectivity index (χ2n) is 6.75. The van der Waals surface area contributed by atoms with Crippen molar-refractivity contribution in [3.05, 3.63) is 23.3 Å². The lowest BCUT2D eigenvalue weighted by atomic mass is 9.99. The van der Waals surface area contributed by atoms with Gasteiger partial charge in [0.2, 0.25) is 5.91 Å². The summed E-state index contributed by atoms with van der Waals surface area (Å²) in [6.45, 7) is 6.24. The topological polar surface area (TPSA) is 75.2 Å². The predicted molar refractivity (Wildman–Crippen MR) is 123 cm³/mol. The van der Waals surface area contributed by atoms with E-state index in [0.717, 1.165) is 43.4 Å². The highest BCUT2D eigenvalue weighted by atomic mass is 127. The first-order valence-corrected chi connectivity index (χ1v) is 9.51. The molecule has 8 heteroatoms. The Bertz CT molecular complexity index is 682. The number of aliphatic imine (C=N–C) groups is 1. The number of fused-ring (bicyclic) bond motifs is 1. The Labute approximate surface area is 185 Å². The number of ether oxygens (including phenoxy) is 2. The van der Waals surface area contributed by atoms with Gasteiger partial charge in [0, 0.05) is 39.1 Å². The van der Waals surface area contributed by atoms with Crippen molar-refractivity contribution < 1.29 is 14.3 Å². The molecule has 0 fully saturated rings. The van der Waals surface area contributed by atoms with E-state index < -0.39 is 0 Å². The normalized spacial score (nSPS) is 14.5. The van der Waals surface area contributed by atoms with Crippen LogP contribution < -0.4 is 20.1 Å². The van der Waals surface area contributed by atoms with E-state index in [0.29, 0.717) is 13.0 Å². The number of carbonyl (C=O) groups excluding carboxylic acids is 1. The molecule has 0 aromatic heterocycles. The minimum absolute atomic E-state index is 0. The summed E-state index contributed by atoms with van der Waals surface area (Å²) in [5.41, 5.74) is 2.48. The number of hydrogen-bond acceptors (Lipinski definition) is 4. The Morgan fingerprint density at radius 1 is 1.25 bits per heavy atom. The Kier molecular flexibility index (Phi) is 10.4. The molecule has 28 heavy (non-hydrogen) atoms. The van der Waals surface area contributed by atoms with Gasteiger partial charge in [-0.15, -0.1) is 24.0 Å². The zero-order valence-corrected chi connectivity index (χ0v) is 19.8. The zero-order valence-electron chi connectivity index (χ0n) is 17.5. The summed E-state index contributed by atoms with van der Waals surface area (Å²) < 4.78 is 10.8. The number of carbonyl (C=O) groups is 1. The summed E-state index contributed by atoms with van der Waals surface area (Å²) in [5, 5.41) is 6.28. The van der Waals surface area contributed by atoms with Crippen molar-refractivity contribution in [2.75, 3.05) is 34.4 Å². The SMILES string of the molecule is CCC(C)NC(=O)CCNC(=NC)N1CCc2cc(OC)c(OC)cc2C1.I. The lowest BCUT2D eigenvalue weighted by molar-refractivity contribution is -0.121. The standard InChI is InChI=1S/C20H32N4O3.HI/c1-6-14(2)23-19(25)7-9-22-20(21-3)24-10-8-15-11-17(26-4)18(27-5)12-16(15)13-24;/h11-12,14H,6-10,13H2,1-5H3,(H,21,22)(H,23,25);1H. The van der Waals surface area contributed by atoms with E-state index in [-0.39, 0.29) is 35.9 Å². The van der Waals surface area contributed by atoms with Crippen LogP contribution in [0.3, 0.4) is 0 Å². The van der Waals surface area contributed by atoms with Gasteiger partial charge in [0.15, 0.2) is 17.5 Å². The van der Waals surface area contributed by atoms with E-state index in [1.165, 1.54) is 11.1 Å². The van der Waals surface area contributed by atoms with Crippen LogP contribution in [0.2, 0.25) is 0 Å². The first-order valence-electron chi connectivity index (χ1n) is 9.51. The fourth-order valence-corrected chi connectivity index (χ4v) is 3.13. The van der Waals surface area contributed by atoms with Gasteiger partial charge in [-0.2, -0.15) is 0 Å². The van der Waals surface area contributed by atoms with E-state index in [1.54, 1.807) is 21.3 Å². The number of hydrogen-bond donors (Lipinski definition) is 2. The van der Waals surface area contributed by atoms with Crippen molar-refractivity contribution in [1.29, 1.82) is 0 Å². The minimum atomic E-state index is 0. The van der Waals surface area contributed by atoms with Crippen LogP contribution in [0.15, 0.2) is 17.1 Å². The third-order valence-corrected chi connectivity index (χ3v) is 4.88. The maximum Gasteiger partial charge on any atom is 0.221 e. The largest absolute Gasteiger partial charge is 0.493 e. The average molecular weight is 504 g/mol. The van der Waals surface area contributed by atoms with Gasteiger partial charge in [-0.25, -0.2) is 0 Å². The van der Waals surface area contributed by atoms with Crippen molar-refractivity contribution in [3.8, 4) is 11.5 Å². The molecule has 2 N–H and O–H groups in total. The molecule has 158 valence electrons. The highest BCUT2D eigenvalue weighted by Crippen LogP contribution is 2.33. The van der Waals surface area contributed by atoms with E-state index >= 15 is 0 Å². The maximum absolute atomic E-state index is 11.9. The lowest BCUT2D eigenvalue weighted by Crippen LogP contribution is -2.45. The van der Waals surface area contributed by atoms with E-state index in [1.807, 2.05) is 13.0 Å². The Balaban J connectivity index is 0.00000392. The number of halogens is 1. The fourth-order valence-electron chi connectivity index (χ4n) is 3.13. The molecule has 7 nitrogen and oxygen atoms in total. The summed E-state index contributed by atoms with van der Waals surface area (Å²) in [4.78, 5) is 18.5. The highest BCUT2D eigenvalue weighted by molar-refractivity contribution is 14.0. The molecule has 0 saturated carbocycles. The average Bonchev–Trinajstić information content (AvgIpc) is 2.69. The molecule has 1 aromatic carbocycles. The first-order chi connectivity index (χ1) is 13.0. The van der Waals surface area contributed by atoms with Gasteiger partial charge in [-0.3, -0.25) is 9.79 Å². The summed E-state index contributed by atoms with van der Waals surface area (Å²) in [5.74, 6) is 2.38. The predicted octanol–water partition coefficient (Wildman–Crippen LogP) is 2.56. The summed E-state index contributed by atoms with van der Waals surface area (Å²) >= 11 is 0. The van der Waals surface area contributed by atoms with Crippen LogP contribution in [-0.4, -0.2) is 57.2 Å². The Morgan fingerprint density at radius 2 is 1.89 bits per heavy atom. The number of nitrogens with zero attached hydrogens (tertiary/aromatic N) is 2. The third-order valence-electron chi connectivity index (χ3n) is 4.88. The molecule has 1 heterocycles. The summed E-state index contributed by atoms with van der Waals surface area (Å²) in [6, 6.07) is 4.30. The number of guanidine groups is 1. The molecule has 1 amide bonds. The summed E-state index contributed by atoms with van der Waals surface area (Å²) in [7, 11) is 5.07. The molecule has 2 rings (SSSR count). The van der Waals surface area contributed by atoms with Gasteiger partial charge in [-0.1, -0.05) is 6.92 Å². The van der Waals surface area contributed by atoms with Crippen LogP contribution in [0.25, 0.3) is 0 Å². The fraction of sp³-hybridized carbons (Fsp3) is 0.600. The van der Waals surface area contributed by atoms with E-state index in [4.69, 9.17) is 9.47 Å². The smallest absolute Gasteiger partial charge is 0.221 e. The number of nitrogens with one attached hydrogen (secondary N) is 2. The van der Waals surface area contributed by atoms with E-state index in [9.17, 15) is 4.79 Å². The van der Waals surface area contributed by atoms with Gasteiger partial charge in [0.1, 0.15) is 0 Å². The second kappa shape index (κ2) is 12.0. The summed E-state index contributed by atoms with van der Waals surface area (Å²) in [6.07, 6.45) is 2.27. The number of benzene rings is 1. The molecule has 0 aliphatic carbocycles. The van der Waals surface area contributed by atoms with Crippen LogP contribution in [-0.2, 0) is 17.8 Å². The quantitative estimate of drug-likeness (QED) is 0.339. The van der Waals surface area contributed by atoms with Gasteiger partial charge >= 0.3 is 0 Å².